The molecule has 10 nitrogen and oxygen atoms in total. The van der Waals surface area contributed by atoms with E-state index in [0.29, 0.717) is 72.5 Å². The molecular weight excluding hydrogens is 400 g/mol. The SMILES string of the molecule is C=C(CCOCCOCCOC)C(=O)O.C=CC(=O)OCCOCCOCCOC. The van der Waals surface area contributed by atoms with Crippen LogP contribution in [-0.4, -0.2) is 104 Å². The van der Waals surface area contributed by atoms with E-state index in [9.17, 15) is 9.59 Å². The van der Waals surface area contributed by atoms with Crippen LogP contribution in [0.5, 0.6) is 0 Å². The van der Waals surface area contributed by atoms with Gasteiger partial charge in [-0.15, -0.1) is 0 Å². The fraction of sp³-hybridized carbons (Fsp3) is 0.700. The average molecular weight is 436 g/mol. The second-order valence-corrected chi connectivity index (χ2v) is 5.47. The summed E-state index contributed by atoms with van der Waals surface area (Å²) in [6, 6.07) is 0. The minimum Gasteiger partial charge on any atom is -0.478 e. The number of carbonyl (C=O) groups excluding carboxylic acids is 1. The van der Waals surface area contributed by atoms with E-state index in [-0.39, 0.29) is 12.2 Å². The zero-order chi connectivity index (χ0) is 22.9. The van der Waals surface area contributed by atoms with Gasteiger partial charge in [0.05, 0.1) is 66.1 Å². The van der Waals surface area contributed by atoms with Crippen molar-refractivity contribution in [1.82, 2.24) is 0 Å². The summed E-state index contributed by atoms with van der Waals surface area (Å²) in [6.07, 6.45) is 1.46. The molecule has 0 aliphatic carbocycles. The average Bonchev–Trinajstić information content (AvgIpc) is 2.74. The summed E-state index contributed by atoms with van der Waals surface area (Å²) < 4.78 is 34.8. The lowest BCUT2D eigenvalue weighted by atomic mass is 10.2. The van der Waals surface area contributed by atoms with Crippen molar-refractivity contribution in [3.63, 3.8) is 0 Å². The van der Waals surface area contributed by atoms with Crippen molar-refractivity contribution in [3.05, 3.63) is 24.8 Å². The van der Waals surface area contributed by atoms with Gasteiger partial charge in [-0.25, -0.2) is 9.59 Å². The maximum atomic E-state index is 10.6. The van der Waals surface area contributed by atoms with Gasteiger partial charge in [0.1, 0.15) is 6.61 Å². The molecule has 0 aromatic heterocycles. The summed E-state index contributed by atoms with van der Waals surface area (Å²) in [5, 5.41) is 8.49. The van der Waals surface area contributed by atoms with Crippen LogP contribution < -0.4 is 0 Å². The van der Waals surface area contributed by atoms with Crippen molar-refractivity contribution < 1.29 is 47.9 Å². The molecule has 30 heavy (non-hydrogen) atoms. The van der Waals surface area contributed by atoms with Gasteiger partial charge in [-0.2, -0.15) is 0 Å². The molecule has 1 N–H and O–H groups in total. The van der Waals surface area contributed by atoms with Gasteiger partial charge in [0.25, 0.3) is 0 Å². The quantitative estimate of drug-likeness (QED) is 0.169. The molecule has 0 fully saturated rings. The van der Waals surface area contributed by atoms with Gasteiger partial charge in [-0.3, -0.25) is 0 Å². The lowest BCUT2D eigenvalue weighted by Gasteiger charge is -2.05. The number of carboxylic acids is 1. The molecule has 0 amide bonds. The van der Waals surface area contributed by atoms with Crippen molar-refractivity contribution in [2.24, 2.45) is 0 Å². The molecule has 0 saturated heterocycles. The minimum atomic E-state index is -0.977. The van der Waals surface area contributed by atoms with Crippen molar-refractivity contribution in [2.45, 2.75) is 6.42 Å². The number of rotatable bonds is 20. The van der Waals surface area contributed by atoms with Crippen LogP contribution in [0, 0.1) is 0 Å². The van der Waals surface area contributed by atoms with Gasteiger partial charge in [-0.05, 0) is 0 Å². The summed E-state index contributed by atoms with van der Waals surface area (Å²) >= 11 is 0. The molecule has 10 heteroatoms. The normalized spacial score (nSPS) is 10.1. The number of methoxy groups -OCH3 is 2. The molecule has 0 spiro atoms. The maximum absolute atomic E-state index is 10.6. The van der Waals surface area contributed by atoms with Crippen LogP contribution in [0.25, 0.3) is 0 Å². The lowest BCUT2D eigenvalue weighted by Crippen LogP contribution is -2.12. The highest BCUT2D eigenvalue weighted by Gasteiger charge is 2.02. The van der Waals surface area contributed by atoms with Crippen LogP contribution in [0.1, 0.15) is 6.42 Å². The van der Waals surface area contributed by atoms with Gasteiger partial charge >= 0.3 is 11.9 Å². The second-order valence-electron chi connectivity index (χ2n) is 5.47. The third-order valence-corrected chi connectivity index (χ3v) is 3.10. The highest BCUT2D eigenvalue weighted by atomic mass is 16.6. The molecule has 0 unspecified atom stereocenters. The van der Waals surface area contributed by atoms with E-state index in [1.165, 1.54) is 0 Å². The Kier molecular flexibility index (Phi) is 25.5. The topological polar surface area (TPSA) is 119 Å². The molecule has 0 aromatic carbocycles. The first-order chi connectivity index (χ1) is 14.5. The molecule has 0 aromatic rings. The Bertz CT molecular complexity index is 437. The van der Waals surface area contributed by atoms with Crippen molar-refractivity contribution in [1.29, 1.82) is 0 Å². The summed E-state index contributed by atoms with van der Waals surface area (Å²) in [4.78, 5) is 20.9. The first-order valence-electron chi connectivity index (χ1n) is 9.48. The molecular formula is C20H36O10. The van der Waals surface area contributed by atoms with Crippen LogP contribution >= 0.6 is 0 Å². The van der Waals surface area contributed by atoms with Gasteiger partial charge in [-0.1, -0.05) is 13.2 Å². The molecule has 0 radical (unpaired) electrons. The lowest BCUT2D eigenvalue weighted by molar-refractivity contribution is -0.139. The van der Waals surface area contributed by atoms with Crippen LogP contribution in [-0.2, 0) is 42.7 Å². The van der Waals surface area contributed by atoms with Crippen LogP contribution in [0.4, 0.5) is 0 Å². The Morgan fingerprint density at radius 3 is 1.53 bits per heavy atom. The molecule has 0 heterocycles. The Hall–Kier alpha value is -1.82. The highest BCUT2D eigenvalue weighted by molar-refractivity contribution is 5.85. The zero-order valence-electron chi connectivity index (χ0n) is 18.1. The van der Waals surface area contributed by atoms with Gasteiger partial charge in [0.2, 0.25) is 0 Å². The Balaban J connectivity index is 0. The maximum Gasteiger partial charge on any atom is 0.331 e. The molecule has 0 aliphatic heterocycles. The van der Waals surface area contributed by atoms with Gasteiger partial charge < -0.3 is 38.3 Å². The molecule has 0 saturated carbocycles. The molecule has 0 atom stereocenters. The second kappa shape index (κ2) is 25.2. The number of esters is 1. The summed E-state index contributed by atoms with van der Waals surface area (Å²) in [5.41, 5.74) is 0.162. The predicted octanol–water partition coefficient (Wildman–Crippen LogP) is 1.09. The van der Waals surface area contributed by atoms with Crippen LogP contribution in [0.3, 0.4) is 0 Å². The van der Waals surface area contributed by atoms with E-state index < -0.39 is 11.9 Å². The summed E-state index contributed by atoms with van der Waals surface area (Å²) in [5.74, 6) is -1.41. The Labute approximate surface area is 178 Å². The fourth-order valence-corrected chi connectivity index (χ4v) is 1.49. The highest BCUT2D eigenvalue weighted by Crippen LogP contribution is 1.97. The predicted molar refractivity (Wildman–Crippen MR) is 110 cm³/mol. The monoisotopic (exact) mass is 436 g/mol. The third kappa shape index (κ3) is 26.2. The van der Waals surface area contributed by atoms with E-state index in [4.69, 9.17) is 38.3 Å². The van der Waals surface area contributed by atoms with Crippen LogP contribution in [0.15, 0.2) is 24.8 Å². The van der Waals surface area contributed by atoms with Gasteiger partial charge in [0.15, 0.2) is 0 Å². The van der Waals surface area contributed by atoms with E-state index >= 15 is 0 Å². The number of ether oxygens (including phenoxy) is 7. The van der Waals surface area contributed by atoms with E-state index in [0.717, 1.165) is 6.08 Å². The fourth-order valence-electron chi connectivity index (χ4n) is 1.49. The largest absolute Gasteiger partial charge is 0.478 e. The first-order valence-corrected chi connectivity index (χ1v) is 9.48. The smallest absolute Gasteiger partial charge is 0.331 e. The van der Waals surface area contributed by atoms with Crippen molar-refractivity contribution in [2.75, 3.05) is 86.9 Å². The van der Waals surface area contributed by atoms with E-state index in [2.05, 4.69) is 13.2 Å². The zero-order valence-corrected chi connectivity index (χ0v) is 18.1. The number of carboxylic acid groups (broad SMARTS) is 1. The van der Waals surface area contributed by atoms with Crippen molar-refractivity contribution >= 4 is 11.9 Å². The number of hydrogen-bond donors (Lipinski definition) is 1. The Morgan fingerprint density at radius 1 is 0.733 bits per heavy atom. The number of carbonyl (C=O) groups is 2. The van der Waals surface area contributed by atoms with Crippen molar-refractivity contribution in [3.8, 4) is 0 Å². The first kappa shape index (κ1) is 30.4. The minimum absolute atomic E-state index is 0.162. The molecule has 0 rings (SSSR count). The van der Waals surface area contributed by atoms with Crippen LogP contribution in [0.2, 0.25) is 0 Å². The Morgan fingerprint density at radius 2 is 1.13 bits per heavy atom. The number of hydrogen-bond acceptors (Lipinski definition) is 9. The standard InChI is InChI=1S/2C10H18O5/c1-9(10(11)12)3-4-14-7-8-15-6-5-13-2;1-3-10(11)15-9-8-14-7-6-13-5-4-12-2/h1,3-8H2,2H3,(H,11,12);3H,1,4-9H2,2H3. The summed E-state index contributed by atoms with van der Waals surface area (Å²) in [7, 11) is 3.23. The molecule has 176 valence electrons. The van der Waals surface area contributed by atoms with E-state index in [1.54, 1.807) is 14.2 Å². The third-order valence-electron chi connectivity index (χ3n) is 3.10. The number of aliphatic carboxylic acids is 1. The molecule has 0 aliphatic rings. The molecule has 0 bridgehead atoms. The summed E-state index contributed by atoms with van der Waals surface area (Å²) in [6.45, 7) is 11.8. The van der Waals surface area contributed by atoms with E-state index in [1.807, 2.05) is 0 Å². The van der Waals surface area contributed by atoms with Gasteiger partial charge in [0, 0.05) is 32.3 Å².